The lowest BCUT2D eigenvalue weighted by molar-refractivity contribution is -0.143. The van der Waals surface area contributed by atoms with Crippen LogP contribution in [0.25, 0.3) is 0 Å². The van der Waals surface area contributed by atoms with Crippen LogP contribution in [0.5, 0.6) is 0 Å². The van der Waals surface area contributed by atoms with Crippen LogP contribution in [0.15, 0.2) is 18.2 Å². The normalized spacial score (nSPS) is 15.6. The Hall–Kier alpha value is -1.84. The van der Waals surface area contributed by atoms with Gasteiger partial charge >= 0.3 is 11.8 Å². The fraction of sp³-hybridized carbons (Fsp3) is 0.500. The van der Waals surface area contributed by atoms with Crippen molar-refractivity contribution < 1.29 is 9.59 Å². The first-order chi connectivity index (χ1) is 9.58. The molecule has 4 heteroatoms. The number of rotatable bonds is 1. The number of nitrogens with one attached hydrogen (secondary N) is 1. The van der Waals surface area contributed by atoms with Crippen LogP contribution in [0, 0.1) is 13.8 Å². The summed E-state index contributed by atoms with van der Waals surface area (Å²) in [6.07, 6.45) is 4.26. The lowest BCUT2D eigenvalue weighted by Gasteiger charge is -2.19. The largest absolute Gasteiger partial charge is 0.334 e. The van der Waals surface area contributed by atoms with Gasteiger partial charge in [-0.25, -0.2) is 0 Å². The van der Waals surface area contributed by atoms with Crippen molar-refractivity contribution in [1.82, 2.24) is 4.90 Å². The molecule has 0 aliphatic carbocycles. The van der Waals surface area contributed by atoms with E-state index in [2.05, 4.69) is 5.32 Å². The van der Waals surface area contributed by atoms with Crippen molar-refractivity contribution >= 4 is 17.5 Å². The fourth-order valence-corrected chi connectivity index (χ4v) is 2.55. The Labute approximate surface area is 120 Å². The van der Waals surface area contributed by atoms with Gasteiger partial charge in [0.25, 0.3) is 0 Å². The lowest BCUT2D eigenvalue weighted by atomic mass is 10.1. The Morgan fingerprint density at radius 3 is 2.30 bits per heavy atom. The number of likely N-dealkylation sites (tertiary alicyclic amines) is 1. The SMILES string of the molecule is Cc1ccc(NC(=O)C(=O)N2CCCCCC2)c(C)c1. The van der Waals surface area contributed by atoms with Crippen LogP contribution in [0.1, 0.15) is 36.8 Å². The highest BCUT2D eigenvalue weighted by Gasteiger charge is 2.22. The van der Waals surface area contributed by atoms with Gasteiger partial charge in [0, 0.05) is 18.8 Å². The monoisotopic (exact) mass is 274 g/mol. The molecule has 0 unspecified atom stereocenters. The number of anilines is 1. The standard InChI is InChI=1S/C16H22N2O2/c1-12-7-8-14(13(2)11-12)17-15(19)16(20)18-9-5-3-4-6-10-18/h7-8,11H,3-6,9-10H2,1-2H3,(H,17,19). The molecule has 4 nitrogen and oxygen atoms in total. The van der Waals surface area contributed by atoms with Gasteiger partial charge in [-0.2, -0.15) is 0 Å². The molecule has 0 bridgehead atoms. The number of amides is 2. The zero-order chi connectivity index (χ0) is 14.5. The fourth-order valence-electron chi connectivity index (χ4n) is 2.55. The summed E-state index contributed by atoms with van der Waals surface area (Å²) in [4.78, 5) is 25.9. The molecule has 0 spiro atoms. The zero-order valence-corrected chi connectivity index (χ0v) is 12.2. The van der Waals surface area contributed by atoms with Crippen molar-refractivity contribution in [3.8, 4) is 0 Å². The van der Waals surface area contributed by atoms with E-state index in [-0.39, 0.29) is 0 Å². The van der Waals surface area contributed by atoms with E-state index in [4.69, 9.17) is 0 Å². The molecule has 1 heterocycles. The minimum absolute atomic E-state index is 0.410. The van der Waals surface area contributed by atoms with Gasteiger partial charge in [-0.05, 0) is 38.3 Å². The van der Waals surface area contributed by atoms with E-state index in [0.717, 1.165) is 36.8 Å². The molecule has 1 saturated heterocycles. The van der Waals surface area contributed by atoms with Crippen molar-refractivity contribution in [3.63, 3.8) is 0 Å². The van der Waals surface area contributed by atoms with Gasteiger partial charge in [-0.3, -0.25) is 9.59 Å². The van der Waals surface area contributed by atoms with Crippen LogP contribution in [0.4, 0.5) is 5.69 Å². The van der Waals surface area contributed by atoms with Gasteiger partial charge in [0.1, 0.15) is 0 Å². The van der Waals surface area contributed by atoms with E-state index in [1.165, 1.54) is 0 Å². The second kappa shape index (κ2) is 6.55. The Kier molecular flexibility index (Phi) is 4.77. The summed E-state index contributed by atoms with van der Waals surface area (Å²) in [5.74, 6) is -0.939. The molecule has 1 aliphatic heterocycles. The third kappa shape index (κ3) is 3.59. The first-order valence-electron chi connectivity index (χ1n) is 7.25. The highest BCUT2D eigenvalue weighted by Crippen LogP contribution is 2.16. The van der Waals surface area contributed by atoms with E-state index in [1.54, 1.807) is 4.90 Å². The molecule has 0 saturated carbocycles. The number of hydrogen-bond donors (Lipinski definition) is 1. The molecule has 2 rings (SSSR count). The first-order valence-corrected chi connectivity index (χ1v) is 7.25. The van der Waals surface area contributed by atoms with Crippen LogP contribution in [0.2, 0.25) is 0 Å². The highest BCUT2D eigenvalue weighted by molar-refractivity contribution is 6.39. The summed E-state index contributed by atoms with van der Waals surface area (Å²) >= 11 is 0. The Morgan fingerprint density at radius 1 is 1.05 bits per heavy atom. The second-order valence-electron chi connectivity index (χ2n) is 5.48. The summed E-state index contributed by atoms with van der Waals surface area (Å²) < 4.78 is 0. The molecule has 108 valence electrons. The van der Waals surface area contributed by atoms with Gasteiger partial charge in [0.15, 0.2) is 0 Å². The molecule has 0 atom stereocenters. The van der Waals surface area contributed by atoms with Crippen molar-refractivity contribution in [2.75, 3.05) is 18.4 Å². The summed E-state index contributed by atoms with van der Waals surface area (Å²) in [5.41, 5.74) is 2.82. The van der Waals surface area contributed by atoms with Crippen LogP contribution in [-0.2, 0) is 9.59 Å². The number of benzene rings is 1. The van der Waals surface area contributed by atoms with Gasteiger partial charge in [0.2, 0.25) is 0 Å². The van der Waals surface area contributed by atoms with Gasteiger partial charge in [-0.1, -0.05) is 30.5 Å². The summed E-state index contributed by atoms with van der Waals surface area (Å²) in [7, 11) is 0. The number of nitrogens with zero attached hydrogens (tertiary/aromatic N) is 1. The summed E-state index contributed by atoms with van der Waals surface area (Å²) in [6.45, 7) is 5.32. The van der Waals surface area contributed by atoms with Crippen molar-refractivity contribution in [2.45, 2.75) is 39.5 Å². The third-order valence-electron chi connectivity index (χ3n) is 3.72. The maximum atomic E-state index is 12.1. The molecular weight excluding hydrogens is 252 g/mol. The predicted octanol–water partition coefficient (Wildman–Crippen LogP) is 2.64. The molecule has 1 aliphatic rings. The number of aryl methyl sites for hydroxylation is 2. The molecule has 20 heavy (non-hydrogen) atoms. The molecule has 1 aromatic rings. The third-order valence-corrected chi connectivity index (χ3v) is 3.72. The van der Waals surface area contributed by atoms with E-state index in [1.807, 2.05) is 32.0 Å². The van der Waals surface area contributed by atoms with Crippen LogP contribution in [0.3, 0.4) is 0 Å². The van der Waals surface area contributed by atoms with E-state index in [9.17, 15) is 9.59 Å². The lowest BCUT2D eigenvalue weighted by Crippen LogP contribution is -2.40. The maximum Gasteiger partial charge on any atom is 0.313 e. The second-order valence-corrected chi connectivity index (χ2v) is 5.48. The van der Waals surface area contributed by atoms with Crippen molar-refractivity contribution in [2.24, 2.45) is 0 Å². The summed E-state index contributed by atoms with van der Waals surface area (Å²) in [6, 6.07) is 5.77. The van der Waals surface area contributed by atoms with Crippen molar-refractivity contribution in [3.05, 3.63) is 29.3 Å². The first kappa shape index (κ1) is 14.6. The Bertz CT molecular complexity index is 503. The minimum Gasteiger partial charge on any atom is -0.334 e. The molecule has 0 aromatic heterocycles. The predicted molar refractivity (Wildman–Crippen MR) is 79.6 cm³/mol. The molecule has 1 fully saturated rings. The summed E-state index contributed by atoms with van der Waals surface area (Å²) in [5, 5.41) is 2.72. The molecule has 1 aromatic carbocycles. The molecule has 2 amide bonds. The Morgan fingerprint density at radius 2 is 1.70 bits per heavy atom. The van der Waals surface area contributed by atoms with Crippen LogP contribution in [-0.4, -0.2) is 29.8 Å². The quantitative estimate of drug-likeness (QED) is 0.800. The van der Waals surface area contributed by atoms with Gasteiger partial charge < -0.3 is 10.2 Å². The van der Waals surface area contributed by atoms with Gasteiger partial charge in [-0.15, -0.1) is 0 Å². The number of carbonyl (C=O) groups is 2. The number of carbonyl (C=O) groups excluding carboxylic acids is 2. The molecular formula is C16H22N2O2. The molecule has 1 N–H and O–H groups in total. The van der Waals surface area contributed by atoms with E-state index < -0.39 is 11.8 Å². The van der Waals surface area contributed by atoms with E-state index in [0.29, 0.717) is 18.8 Å². The van der Waals surface area contributed by atoms with Crippen molar-refractivity contribution in [1.29, 1.82) is 0 Å². The Balaban J connectivity index is 2.01. The van der Waals surface area contributed by atoms with Crippen LogP contribution >= 0.6 is 0 Å². The van der Waals surface area contributed by atoms with Crippen LogP contribution < -0.4 is 5.32 Å². The van der Waals surface area contributed by atoms with E-state index >= 15 is 0 Å². The maximum absolute atomic E-state index is 12.1. The topological polar surface area (TPSA) is 49.4 Å². The zero-order valence-electron chi connectivity index (χ0n) is 12.2. The molecule has 0 radical (unpaired) electrons. The van der Waals surface area contributed by atoms with Gasteiger partial charge in [0.05, 0.1) is 0 Å². The number of hydrogen-bond acceptors (Lipinski definition) is 2. The average molecular weight is 274 g/mol. The smallest absolute Gasteiger partial charge is 0.313 e. The average Bonchev–Trinajstić information content (AvgIpc) is 2.70. The minimum atomic E-state index is -0.529. The highest BCUT2D eigenvalue weighted by atomic mass is 16.2.